The largest absolute Gasteiger partial charge is 0.426 e. The summed E-state index contributed by atoms with van der Waals surface area (Å²) < 4.78 is 4.94. The smallest absolute Gasteiger partial charge is 0.308 e. The van der Waals surface area contributed by atoms with Crippen LogP contribution >= 0.6 is 0 Å². The Morgan fingerprint density at radius 1 is 1.29 bits per heavy atom. The molecule has 0 unspecified atom stereocenters. The van der Waals surface area contributed by atoms with Gasteiger partial charge in [0.1, 0.15) is 5.75 Å². The summed E-state index contributed by atoms with van der Waals surface area (Å²) in [6.45, 7) is 1.59. The molecule has 1 aromatic carbocycles. The molecule has 0 saturated carbocycles. The summed E-state index contributed by atoms with van der Waals surface area (Å²) in [5.41, 5.74) is 0.259. The SMILES string of the molecule is CC(=O)Oc1ccccc1C(=O)NCCCCO[N+](=O)[O-]. The lowest BCUT2D eigenvalue weighted by atomic mass is 10.2. The maximum atomic E-state index is 11.9. The molecule has 0 aromatic heterocycles. The summed E-state index contributed by atoms with van der Waals surface area (Å²) in [4.78, 5) is 37.0. The van der Waals surface area contributed by atoms with Crippen LogP contribution in [0.4, 0.5) is 0 Å². The van der Waals surface area contributed by atoms with Crippen molar-refractivity contribution in [1.29, 1.82) is 0 Å². The third-order valence-electron chi connectivity index (χ3n) is 2.44. The van der Waals surface area contributed by atoms with Crippen LogP contribution in [0.3, 0.4) is 0 Å². The van der Waals surface area contributed by atoms with Crippen molar-refractivity contribution in [2.75, 3.05) is 13.2 Å². The number of esters is 1. The van der Waals surface area contributed by atoms with Crippen LogP contribution in [0.2, 0.25) is 0 Å². The molecular weight excluding hydrogens is 280 g/mol. The molecule has 0 aliphatic rings. The lowest BCUT2D eigenvalue weighted by Crippen LogP contribution is -2.25. The molecule has 0 bridgehead atoms. The van der Waals surface area contributed by atoms with Gasteiger partial charge in [-0.05, 0) is 25.0 Å². The van der Waals surface area contributed by atoms with E-state index < -0.39 is 11.1 Å². The first kappa shape index (κ1) is 16.4. The summed E-state index contributed by atoms with van der Waals surface area (Å²) >= 11 is 0. The van der Waals surface area contributed by atoms with E-state index in [1.54, 1.807) is 18.2 Å². The number of hydrogen-bond donors (Lipinski definition) is 1. The average Bonchev–Trinajstić information content (AvgIpc) is 2.42. The van der Waals surface area contributed by atoms with Gasteiger partial charge >= 0.3 is 5.97 Å². The van der Waals surface area contributed by atoms with Gasteiger partial charge in [0, 0.05) is 13.5 Å². The molecule has 0 saturated heterocycles. The summed E-state index contributed by atoms with van der Waals surface area (Å²) in [6.07, 6.45) is 0.988. The lowest BCUT2D eigenvalue weighted by molar-refractivity contribution is -0.757. The summed E-state index contributed by atoms with van der Waals surface area (Å²) in [5, 5.41) is 11.7. The molecule has 1 aromatic rings. The molecule has 114 valence electrons. The van der Waals surface area contributed by atoms with Crippen LogP contribution < -0.4 is 10.1 Å². The predicted molar refractivity (Wildman–Crippen MR) is 72.3 cm³/mol. The molecule has 0 aliphatic carbocycles. The van der Waals surface area contributed by atoms with Crippen molar-refractivity contribution >= 4 is 11.9 Å². The number of amides is 1. The Labute approximate surface area is 121 Å². The maximum Gasteiger partial charge on any atom is 0.308 e. The summed E-state index contributed by atoms with van der Waals surface area (Å²) in [6, 6.07) is 6.39. The van der Waals surface area contributed by atoms with Crippen LogP contribution in [0.15, 0.2) is 24.3 Å². The van der Waals surface area contributed by atoms with Crippen molar-refractivity contribution in [2.24, 2.45) is 0 Å². The lowest BCUT2D eigenvalue weighted by Gasteiger charge is -2.09. The molecule has 8 heteroatoms. The van der Waals surface area contributed by atoms with Crippen molar-refractivity contribution in [3.8, 4) is 5.75 Å². The number of carbonyl (C=O) groups excluding carboxylic acids is 2. The number of hydrogen-bond acceptors (Lipinski definition) is 6. The Morgan fingerprint density at radius 3 is 2.67 bits per heavy atom. The number of unbranched alkanes of at least 4 members (excludes halogenated alkanes) is 1. The van der Waals surface area contributed by atoms with Gasteiger partial charge in [-0.2, -0.15) is 0 Å². The van der Waals surface area contributed by atoms with Gasteiger partial charge in [0.2, 0.25) is 0 Å². The average molecular weight is 296 g/mol. The normalized spacial score (nSPS) is 9.76. The molecule has 1 rings (SSSR count). The monoisotopic (exact) mass is 296 g/mol. The molecule has 1 N–H and O–H groups in total. The van der Waals surface area contributed by atoms with Crippen LogP contribution in [0.1, 0.15) is 30.1 Å². The van der Waals surface area contributed by atoms with E-state index in [1.807, 2.05) is 0 Å². The number of carbonyl (C=O) groups is 2. The maximum absolute atomic E-state index is 11.9. The molecule has 0 heterocycles. The zero-order valence-electron chi connectivity index (χ0n) is 11.5. The summed E-state index contributed by atoms with van der Waals surface area (Å²) in [5.74, 6) is -0.687. The highest BCUT2D eigenvalue weighted by molar-refractivity contribution is 5.97. The van der Waals surface area contributed by atoms with Crippen molar-refractivity contribution in [3.05, 3.63) is 39.9 Å². The van der Waals surface area contributed by atoms with Gasteiger partial charge < -0.3 is 14.9 Å². The predicted octanol–water partition coefficient (Wildman–Crippen LogP) is 1.33. The van der Waals surface area contributed by atoms with E-state index in [4.69, 9.17) is 4.74 Å². The summed E-state index contributed by atoms with van der Waals surface area (Å²) in [7, 11) is 0. The minimum Gasteiger partial charge on any atom is -0.426 e. The Balaban J connectivity index is 2.41. The van der Waals surface area contributed by atoms with E-state index in [0.717, 1.165) is 0 Å². The molecule has 0 radical (unpaired) electrons. The quantitative estimate of drug-likeness (QED) is 0.255. The number of ether oxygens (including phenoxy) is 1. The Kier molecular flexibility index (Phi) is 6.66. The van der Waals surface area contributed by atoms with Crippen LogP contribution in [0.5, 0.6) is 5.75 Å². The van der Waals surface area contributed by atoms with Crippen LogP contribution in [0.25, 0.3) is 0 Å². The number of rotatable bonds is 8. The highest BCUT2D eigenvalue weighted by Gasteiger charge is 2.12. The van der Waals surface area contributed by atoms with Crippen molar-refractivity contribution < 1.29 is 24.3 Å². The number of nitrogens with zero attached hydrogens (tertiary/aromatic N) is 1. The van der Waals surface area contributed by atoms with Crippen molar-refractivity contribution in [3.63, 3.8) is 0 Å². The van der Waals surface area contributed by atoms with Gasteiger partial charge in [-0.1, -0.05) is 12.1 Å². The molecular formula is C13H16N2O6. The van der Waals surface area contributed by atoms with Gasteiger partial charge in [-0.15, -0.1) is 10.1 Å². The van der Waals surface area contributed by atoms with Crippen molar-refractivity contribution in [2.45, 2.75) is 19.8 Å². The van der Waals surface area contributed by atoms with Crippen LogP contribution in [-0.4, -0.2) is 30.1 Å². The molecule has 8 nitrogen and oxygen atoms in total. The molecule has 0 spiro atoms. The fraction of sp³-hybridized carbons (Fsp3) is 0.385. The van der Waals surface area contributed by atoms with Gasteiger partial charge in [0.15, 0.2) is 0 Å². The third kappa shape index (κ3) is 6.37. The van der Waals surface area contributed by atoms with Gasteiger partial charge in [0.25, 0.3) is 11.0 Å². The first-order valence-corrected chi connectivity index (χ1v) is 6.33. The number of para-hydroxylation sites is 1. The van der Waals surface area contributed by atoms with E-state index >= 15 is 0 Å². The number of nitrogens with one attached hydrogen (secondary N) is 1. The molecule has 0 atom stereocenters. The second-order valence-corrected chi connectivity index (χ2v) is 4.11. The minimum absolute atomic E-state index is 0.00704. The third-order valence-corrected chi connectivity index (χ3v) is 2.44. The zero-order valence-corrected chi connectivity index (χ0v) is 11.5. The fourth-order valence-electron chi connectivity index (χ4n) is 1.56. The van der Waals surface area contributed by atoms with E-state index in [2.05, 4.69) is 10.2 Å². The van der Waals surface area contributed by atoms with Gasteiger partial charge in [0.05, 0.1) is 12.2 Å². The van der Waals surface area contributed by atoms with E-state index in [1.165, 1.54) is 13.0 Å². The minimum atomic E-state index is -0.853. The Hall–Kier alpha value is -2.64. The van der Waals surface area contributed by atoms with Gasteiger partial charge in [-0.3, -0.25) is 9.59 Å². The van der Waals surface area contributed by atoms with Crippen molar-refractivity contribution in [1.82, 2.24) is 5.32 Å². The highest BCUT2D eigenvalue weighted by atomic mass is 16.9. The van der Waals surface area contributed by atoms with E-state index in [0.29, 0.717) is 19.4 Å². The molecule has 0 aliphatic heterocycles. The van der Waals surface area contributed by atoms with E-state index in [-0.39, 0.29) is 23.8 Å². The van der Waals surface area contributed by atoms with E-state index in [9.17, 15) is 19.7 Å². The fourth-order valence-corrected chi connectivity index (χ4v) is 1.56. The standard InChI is InChI=1S/C13H16N2O6/c1-10(16)21-12-7-3-2-6-11(12)13(17)14-8-4-5-9-20-15(18)19/h2-3,6-7H,4-5,8-9H2,1H3,(H,14,17). The zero-order chi connectivity index (χ0) is 15.7. The molecule has 21 heavy (non-hydrogen) atoms. The first-order valence-electron chi connectivity index (χ1n) is 6.33. The Morgan fingerprint density at radius 2 is 2.00 bits per heavy atom. The topological polar surface area (TPSA) is 108 Å². The second kappa shape index (κ2) is 8.51. The number of benzene rings is 1. The second-order valence-electron chi connectivity index (χ2n) is 4.11. The van der Waals surface area contributed by atoms with Gasteiger partial charge in [-0.25, -0.2) is 0 Å². The van der Waals surface area contributed by atoms with Crippen LogP contribution in [0, 0.1) is 10.1 Å². The molecule has 0 fully saturated rings. The highest BCUT2D eigenvalue weighted by Crippen LogP contribution is 2.17. The molecule has 1 amide bonds. The first-order chi connectivity index (χ1) is 10.0. The Bertz CT molecular complexity index is 517. The van der Waals surface area contributed by atoms with Crippen LogP contribution in [-0.2, 0) is 9.63 Å².